The molecule has 0 spiro atoms. The number of nitrogens with zero attached hydrogens (tertiary/aromatic N) is 1. The SMILES string of the molecule is COC(=O)C1=CCCN(C(=O)O)C1. The lowest BCUT2D eigenvalue weighted by Crippen LogP contribution is -2.36. The first-order chi connectivity index (χ1) is 6.15. The topological polar surface area (TPSA) is 66.8 Å². The zero-order chi connectivity index (χ0) is 9.84. The third-order valence-corrected chi connectivity index (χ3v) is 1.87. The van der Waals surface area contributed by atoms with Crippen molar-refractivity contribution in [2.24, 2.45) is 0 Å². The van der Waals surface area contributed by atoms with Crippen LogP contribution in [-0.2, 0) is 9.53 Å². The van der Waals surface area contributed by atoms with E-state index in [0.29, 0.717) is 18.5 Å². The molecule has 1 aliphatic heterocycles. The van der Waals surface area contributed by atoms with Gasteiger partial charge in [-0.25, -0.2) is 9.59 Å². The van der Waals surface area contributed by atoms with Gasteiger partial charge in [0.25, 0.3) is 0 Å². The van der Waals surface area contributed by atoms with Crippen LogP contribution in [0.1, 0.15) is 6.42 Å². The molecule has 5 heteroatoms. The summed E-state index contributed by atoms with van der Waals surface area (Å²) in [5.74, 6) is -0.453. The zero-order valence-corrected chi connectivity index (χ0v) is 7.32. The Balaban J connectivity index is 2.64. The van der Waals surface area contributed by atoms with Crippen molar-refractivity contribution in [3.63, 3.8) is 0 Å². The van der Waals surface area contributed by atoms with Gasteiger partial charge in [-0.15, -0.1) is 0 Å². The lowest BCUT2D eigenvalue weighted by atomic mass is 10.1. The molecule has 0 aromatic heterocycles. The fourth-order valence-electron chi connectivity index (χ4n) is 1.19. The highest BCUT2D eigenvalue weighted by Crippen LogP contribution is 2.10. The predicted octanol–water partition coefficient (Wildman–Crippen LogP) is 0.470. The van der Waals surface area contributed by atoms with Crippen molar-refractivity contribution in [1.29, 1.82) is 0 Å². The van der Waals surface area contributed by atoms with Crippen LogP contribution in [0.4, 0.5) is 4.79 Å². The molecule has 0 saturated heterocycles. The summed E-state index contributed by atoms with van der Waals surface area (Å²) in [4.78, 5) is 22.8. The van der Waals surface area contributed by atoms with Crippen molar-refractivity contribution >= 4 is 12.1 Å². The van der Waals surface area contributed by atoms with Crippen LogP contribution in [-0.4, -0.2) is 42.3 Å². The van der Waals surface area contributed by atoms with E-state index in [1.165, 1.54) is 12.0 Å². The Labute approximate surface area is 75.6 Å². The van der Waals surface area contributed by atoms with Gasteiger partial charge in [0.05, 0.1) is 19.2 Å². The first kappa shape index (κ1) is 9.57. The fraction of sp³-hybridized carbons (Fsp3) is 0.500. The van der Waals surface area contributed by atoms with Crippen molar-refractivity contribution in [3.8, 4) is 0 Å². The molecule has 13 heavy (non-hydrogen) atoms. The summed E-state index contributed by atoms with van der Waals surface area (Å²) < 4.78 is 4.49. The maximum Gasteiger partial charge on any atom is 0.407 e. The van der Waals surface area contributed by atoms with E-state index in [9.17, 15) is 9.59 Å². The van der Waals surface area contributed by atoms with E-state index in [-0.39, 0.29) is 6.54 Å². The molecule has 0 fully saturated rings. The minimum Gasteiger partial charge on any atom is -0.466 e. The summed E-state index contributed by atoms with van der Waals surface area (Å²) in [6.45, 7) is 0.567. The highest BCUT2D eigenvalue weighted by molar-refractivity contribution is 5.89. The van der Waals surface area contributed by atoms with E-state index in [4.69, 9.17) is 5.11 Å². The average Bonchev–Trinajstić information content (AvgIpc) is 2.17. The van der Waals surface area contributed by atoms with Crippen LogP contribution in [0, 0.1) is 0 Å². The van der Waals surface area contributed by atoms with Crippen LogP contribution < -0.4 is 0 Å². The van der Waals surface area contributed by atoms with Crippen LogP contribution >= 0.6 is 0 Å². The van der Waals surface area contributed by atoms with Gasteiger partial charge in [-0.3, -0.25) is 0 Å². The number of esters is 1. The van der Waals surface area contributed by atoms with Gasteiger partial charge in [0, 0.05) is 6.54 Å². The Hall–Kier alpha value is -1.52. The fourth-order valence-corrected chi connectivity index (χ4v) is 1.19. The van der Waals surface area contributed by atoms with Gasteiger partial charge in [-0.2, -0.15) is 0 Å². The Bertz CT molecular complexity index is 259. The number of hydrogen-bond acceptors (Lipinski definition) is 3. The molecule has 5 nitrogen and oxygen atoms in total. The van der Waals surface area contributed by atoms with E-state index in [1.807, 2.05) is 0 Å². The summed E-state index contributed by atoms with van der Waals surface area (Å²) in [6.07, 6.45) is 1.27. The lowest BCUT2D eigenvalue weighted by Gasteiger charge is -2.23. The normalized spacial score (nSPS) is 16.4. The molecule has 72 valence electrons. The van der Waals surface area contributed by atoms with Gasteiger partial charge in [0.1, 0.15) is 0 Å². The van der Waals surface area contributed by atoms with Gasteiger partial charge in [0.15, 0.2) is 0 Å². The van der Waals surface area contributed by atoms with Crippen molar-refractivity contribution in [1.82, 2.24) is 4.90 Å². The maximum absolute atomic E-state index is 11.0. The molecule has 1 aliphatic rings. The molecule has 0 bridgehead atoms. The summed E-state index contributed by atoms with van der Waals surface area (Å²) >= 11 is 0. The molecule has 0 atom stereocenters. The van der Waals surface area contributed by atoms with E-state index >= 15 is 0 Å². The largest absolute Gasteiger partial charge is 0.466 e. The number of ether oxygens (including phenoxy) is 1. The molecule has 0 aromatic rings. The minimum atomic E-state index is -1.01. The molecule has 0 unspecified atom stereocenters. The summed E-state index contributed by atoms with van der Waals surface area (Å²) in [5, 5.41) is 8.66. The monoisotopic (exact) mass is 185 g/mol. The standard InChI is InChI=1S/C8H11NO4/c1-13-7(10)6-3-2-4-9(5-6)8(11)12/h3H,2,4-5H2,1H3,(H,11,12). The molecule has 0 aliphatic carbocycles. The quantitative estimate of drug-likeness (QED) is 0.603. The minimum absolute atomic E-state index is 0.127. The molecule has 1 rings (SSSR count). The van der Waals surface area contributed by atoms with Gasteiger partial charge in [-0.1, -0.05) is 6.08 Å². The van der Waals surface area contributed by atoms with Gasteiger partial charge >= 0.3 is 12.1 Å². The first-order valence-electron chi connectivity index (χ1n) is 3.90. The van der Waals surface area contributed by atoms with Crippen LogP contribution in [0.15, 0.2) is 11.6 Å². The van der Waals surface area contributed by atoms with Crippen molar-refractivity contribution < 1.29 is 19.4 Å². The maximum atomic E-state index is 11.0. The van der Waals surface area contributed by atoms with Crippen LogP contribution in [0.2, 0.25) is 0 Å². The Morgan fingerprint density at radius 2 is 2.31 bits per heavy atom. The number of methoxy groups -OCH3 is 1. The van der Waals surface area contributed by atoms with Crippen molar-refractivity contribution in [3.05, 3.63) is 11.6 Å². The number of hydrogen-bond donors (Lipinski definition) is 1. The third-order valence-electron chi connectivity index (χ3n) is 1.87. The predicted molar refractivity (Wildman–Crippen MR) is 44.3 cm³/mol. The van der Waals surface area contributed by atoms with Gasteiger partial charge in [-0.05, 0) is 6.42 Å². The van der Waals surface area contributed by atoms with Crippen LogP contribution in [0.5, 0.6) is 0 Å². The molecular weight excluding hydrogens is 174 g/mol. The molecule has 0 aromatic carbocycles. The van der Waals surface area contributed by atoms with Crippen molar-refractivity contribution in [2.75, 3.05) is 20.2 Å². The van der Waals surface area contributed by atoms with Crippen LogP contribution in [0.3, 0.4) is 0 Å². The average molecular weight is 185 g/mol. The zero-order valence-electron chi connectivity index (χ0n) is 7.32. The third kappa shape index (κ3) is 2.21. The number of rotatable bonds is 1. The molecule has 1 amide bonds. The van der Waals surface area contributed by atoms with Gasteiger partial charge in [0.2, 0.25) is 0 Å². The Morgan fingerprint density at radius 3 is 2.85 bits per heavy atom. The Morgan fingerprint density at radius 1 is 1.62 bits per heavy atom. The van der Waals surface area contributed by atoms with Gasteiger partial charge < -0.3 is 14.7 Å². The van der Waals surface area contributed by atoms with Crippen LogP contribution in [0.25, 0.3) is 0 Å². The second kappa shape index (κ2) is 3.93. The number of carboxylic acid groups (broad SMARTS) is 1. The van der Waals surface area contributed by atoms with Crippen molar-refractivity contribution in [2.45, 2.75) is 6.42 Å². The van der Waals surface area contributed by atoms with E-state index < -0.39 is 12.1 Å². The lowest BCUT2D eigenvalue weighted by molar-refractivity contribution is -0.136. The van der Waals surface area contributed by atoms with E-state index in [0.717, 1.165) is 0 Å². The highest BCUT2D eigenvalue weighted by Gasteiger charge is 2.21. The molecule has 1 heterocycles. The summed E-state index contributed by atoms with van der Waals surface area (Å²) in [7, 11) is 1.28. The van der Waals surface area contributed by atoms with E-state index in [1.54, 1.807) is 6.08 Å². The molecule has 0 saturated carbocycles. The Kier molecular flexibility index (Phi) is 2.89. The molecule has 1 N–H and O–H groups in total. The number of amides is 1. The second-order valence-electron chi connectivity index (χ2n) is 2.71. The highest BCUT2D eigenvalue weighted by atomic mass is 16.5. The first-order valence-corrected chi connectivity index (χ1v) is 3.90. The number of carbonyl (C=O) groups excluding carboxylic acids is 1. The molecular formula is C8H11NO4. The second-order valence-corrected chi connectivity index (χ2v) is 2.71. The summed E-state index contributed by atoms with van der Waals surface area (Å²) in [6, 6.07) is 0. The molecule has 0 radical (unpaired) electrons. The smallest absolute Gasteiger partial charge is 0.407 e. The number of carbonyl (C=O) groups is 2. The van der Waals surface area contributed by atoms with E-state index in [2.05, 4.69) is 4.74 Å². The summed E-state index contributed by atoms with van der Waals surface area (Å²) in [5.41, 5.74) is 0.413.